The van der Waals surface area contributed by atoms with Gasteiger partial charge in [0.1, 0.15) is 6.33 Å². The molecule has 1 heterocycles. The molecule has 0 amide bonds. The van der Waals surface area contributed by atoms with Crippen LogP contribution >= 0.6 is 0 Å². The number of unbranched alkanes of at least 4 members (excludes halogenated alkanes) is 2. The lowest BCUT2D eigenvalue weighted by molar-refractivity contribution is 0.279. The van der Waals surface area contributed by atoms with E-state index in [9.17, 15) is 0 Å². The summed E-state index contributed by atoms with van der Waals surface area (Å²) in [4.78, 5) is 8.57. The van der Waals surface area contributed by atoms with Gasteiger partial charge in [-0.3, -0.25) is 0 Å². The maximum absolute atomic E-state index is 8.90. The Morgan fingerprint density at radius 2 is 0.981 bits per heavy atom. The van der Waals surface area contributed by atoms with Crippen molar-refractivity contribution in [1.82, 2.24) is 9.97 Å². The lowest BCUT2D eigenvalue weighted by Crippen LogP contribution is -2.40. The van der Waals surface area contributed by atoms with E-state index in [0.29, 0.717) is 17.5 Å². The average molecular weight is 745 g/mol. The number of nitrogens with zero attached hydrogens (tertiary/aromatic N) is 2. The fourth-order valence-corrected chi connectivity index (χ4v) is 7.36. The number of hydrogen-bond donors (Lipinski definition) is 1. The fraction of sp³-hybridized carbons (Fsp3) is 0.545. The van der Waals surface area contributed by atoms with E-state index in [4.69, 9.17) is 18.7 Å². The predicted molar refractivity (Wildman–Crippen MR) is 225 cm³/mol. The first-order chi connectivity index (χ1) is 24.5. The third-order valence-electron chi connectivity index (χ3n) is 10.8. The molecule has 0 aliphatic rings. The summed E-state index contributed by atoms with van der Waals surface area (Å²) in [5.41, 5.74) is 6.17. The van der Waals surface area contributed by atoms with Gasteiger partial charge in [-0.25, -0.2) is 9.97 Å². The standard InChI is InChI=1S/C26H36N2O2Si.C18H32O2Si/c1-26(2,3)31(4,5)30-18-9-8-10-21-13-15-22(16-14-21)17-19-29-25-23-11-6-7-12-24(23)27-20-28-25;1-18(2,3)21(4,5)20-15-7-6-8-16-9-11-17(12-10-16)13-14-19/h6-7,11-16,20H,8-10,17-19H2,1-5H3;9-12,19H,6-8,13-15H2,1-5H3. The third kappa shape index (κ3) is 14.5. The Kier molecular flexibility index (Phi) is 17.2. The maximum Gasteiger partial charge on any atom is 0.224 e. The molecule has 0 saturated carbocycles. The molecule has 286 valence electrons. The summed E-state index contributed by atoms with van der Waals surface area (Å²) < 4.78 is 18.4. The van der Waals surface area contributed by atoms with Crippen LogP contribution in [0.15, 0.2) is 79.1 Å². The van der Waals surface area contributed by atoms with Gasteiger partial charge in [-0.2, -0.15) is 0 Å². The molecular formula is C44H68N2O4Si2. The molecule has 4 rings (SSSR count). The van der Waals surface area contributed by atoms with Crippen LogP contribution < -0.4 is 4.74 Å². The smallest absolute Gasteiger partial charge is 0.224 e. The highest BCUT2D eigenvalue weighted by Gasteiger charge is 2.37. The van der Waals surface area contributed by atoms with E-state index in [1.165, 1.54) is 28.7 Å². The van der Waals surface area contributed by atoms with E-state index >= 15 is 0 Å². The number of aryl methyl sites for hydroxylation is 2. The number of aromatic nitrogens is 2. The topological polar surface area (TPSA) is 73.7 Å². The zero-order valence-corrected chi connectivity index (χ0v) is 36.1. The highest BCUT2D eigenvalue weighted by atomic mass is 28.4. The van der Waals surface area contributed by atoms with Crippen LogP contribution in [0.2, 0.25) is 36.3 Å². The zero-order valence-electron chi connectivity index (χ0n) is 34.1. The lowest BCUT2D eigenvalue weighted by Gasteiger charge is -2.36. The van der Waals surface area contributed by atoms with Crippen molar-refractivity contribution in [2.24, 2.45) is 0 Å². The molecule has 3 aromatic carbocycles. The Balaban J connectivity index is 0.000000304. The molecule has 0 unspecified atom stereocenters. The molecule has 0 saturated heterocycles. The first-order valence-electron chi connectivity index (χ1n) is 19.4. The molecule has 1 aromatic heterocycles. The molecule has 52 heavy (non-hydrogen) atoms. The van der Waals surface area contributed by atoms with Crippen LogP contribution in [0.4, 0.5) is 0 Å². The van der Waals surface area contributed by atoms with E-state index in [1.807, 2.05) is 24.3 Å². The van der Waals surface area contributed by atoms with E-state index < -0.39 is 16.6 Å². The highest BCUT2D eigenvalue weighted by Crippen LogP contribution is 2.37. The van der Waals surface area contributed by atoms with Crippen molar-refractivity contribution in [3.05, 3.63) is 101 Å². The van der Waals surface area contributed by atoms with Gasteiger partial charge < -0.3 is 18.7 Å². The van der Waals surface area contributed by atoms with Crippen molar-refractivity contribution in [1.29, 1.82) is 0 Å². The number of aliphatic hydroxyl groups is 1. The van der Waals surface area contributed by atoms with Gasteiger partial charge in [0.2, 0.25) is 5.88 Å². The van der Waals surface area contributed by atoms with Crippen LogP contribution in [-0.4, -0.2) is 58.1 Å². The molecule has 6 nitrogen and oxygen atoms in total. The monoisotopic (exact) mass is 744 g/mol. The summed E-state index contributed by atoms with van der Waals surface area (Å²) in [5.74, 6) is 0.655. The Labute approximate surface area is 318 Å². The van der Waals surface area contributed by atoms with E-state index in [-0.39, 0.29) is 11.6 Å². The molecule has 8 heteroatoms. The molecule has 0 aliphatic carbocycles. The molecule has 4 aromatic rings. The lowest BCUT2D eigenvalue weighted by atomic mass is 10.1. The maximum atomic E-state index is 8.90. The van der Waals surface area contributed by atoms with Crippen LogP contribution in [0, 0.1) is 0 Å². The van der Waals surface area contributed by atoms with Crippen LogP contribution in [0.25, 0.3) is 10.9 Å². The summed E-state index contributed by atoms with van der Waals surface area (Å²) in [7, 11) is -3.19. The number of ether oxygens (including phenoxy) is 1. The van der Waals surface area contributed by atoms with Crippen molar-refractivity contribution >= 4 is 27.5 Å². The van der Waals surface area contributed by atoms with Crippen molar-refractivity contribution in [2.45, 2.75) is 129 Å². The molecule has 0 aliphatic heterocycles. The van der Waals surface area contributed by atoms with Gasteiger partial charge >= 0.3 is 0 Å². The molecule has 0 atom stereocenters. The normalized spacial score (nSPS) is 12.4. The van der Waals surface area contributed by atoms with Crippen LogP contribution in [0.1, 0.15) is 89.5 Å². The van der Waals surface area contributed by atoms with Gasteiger partial charge in [0.05, 0.1) is 17.5 Å². The van der Waals surface area contributed by atoms with Gasteiger partial charge in [-0.05, 0) is 116 Å². The zero-order chi connectivity index (χ0) is 38.3. The summed E-state index contributed by atoms with van der Waals surface area (Å²) in [5, 5.41) is 10.4. The summed E-state index contributed by atoms with van der Waals surface area (Å²) in [6, 6.07) is 25.4. The molecule has 1 N–H and O–H groups in total. The minimum atomic E-state index is -1.61. The summed E-state index contributed by atoms with van der Waals surface area (Å²) in [6.45, 7) is 25.6. The largest absolute Gasteiger partial charge is 0.477 e. The highest BCUT2D eigenvalue weighted by molar-refractivity contribution is 6.74. The molecule has 0 bridgehead atoms. The van der Waals surface area contributed by atoms with Crippen molar-refractivity contribution in [2.75, 3.05) is 26.4 Å². The number of rotatable bonds is 18. The average Bonchev–Trinajstić information content (AvgIpc) is 3.09. The quantitative estimate of drug-likeness (QED) is 0.0808. The third-order valence-corrected chi connectivity index (χ3v) is 19.9. The van der Waals surface area contributed by atoms with Gasteiger partial charge in [0.25, 0.3) is 0 Å². The predicted octanol–water partition coefficient (Wildman–Crippen LogP) is 11.2. The fourth-order valence-electron chi connectivity index (χ4n) is 5.19. The Morgan fingerprint density at radius 3 is 1.44 bits per heavy atom. The molecular weight excluding hydrogens is 677 g/mol. The summed E-state index contributed by atoms with van der Waals surface area (Å²) in [6.07, 6.45) is 9.97. The van der Waals surface area contributed by atoms with Crippen LogP contribution in [-0.2, 0) is 34.5 Å². The number of benzene rings is 3. The molecule has 0 spiro atoms. The minimum Gasteiger partial charge on any atom is -0.477 e. The molecule has 0 fully saturated rings. The van der Waals surface area contributed by atoms with Crippen molar-refractivity contribution < 1.29 is 18.7 Å². The first kappa shape index (κ1) is 43.5. The van der Waals surface area contributed by atoms with Gasteiger partial charge in [0, 0.05) is 26.2 Å². The molecule has 0 radical (unpaired) electrons. The second-order valence-corrected chi connectivity index (χ2v) is 26.7. The van der Waals surface area contributed by atoms with Crippen molar-refractivity contribution in [3.8, 4) is 5.88 Å². The SMILES string of the molecule is CC(C)(C)[Si](C)(C)OCCCCc1ccc(CCO)cc1.CC(C)(C)[Si](C)(C)OCCCCc1ccc(CCOc2ncnc3ccccc23)cc1. The van der Waals surface area contributed by atoms with Gasteiger partial charge in [-0.1, -0.05) is 102 Å². The number of aliphatic hydroxyl groups excluding tert-OH is 1. The second-order valence-electron chi connectivity index (χ2n) is 17.0. The van der Waals surface area contributed by atoms with Crippen LogP contribution in [0.5, 0.6) is 5.88 Å². The summed E-state index contributed by atoms with van der Waals surface area (Å²) >= 11 is 0. The Hall–Kier alpha value is -2.89. The number of para-hydroxylation sites is 1. The van der Waals surface area contributed by atoms with E-state index in [0.717, 1.165) is 69.1 Å². The Morgan fingerprint density at radius 1 is 0.538 bits per heavy atom. The minimum absolute atomic E-state index is 0.226. The number of hydrogen-bond acceptors (Lipinski definition) is 6. The van der Waals surface area contributed by atoms with Crippen molar-refractivity contribution in [3.63, 3.8) is 0 Å². The van der Waals surface area contributed by atoms with E-state index in [1.54, 1.807) is 6.33 Å². The van der Waals surface area contributed by atoms with Crippen LogP contribution in [0.3, 0.4) is 0 Å². The van der Waals surface area contributed by atoms with Gasteiger partial charge in [0.15, 0.2) is 16.6 Å². The number of fused-ring (bicyclic) bond motifs is 1. The van der Waals surface area contributed by atoms with E-state index in [2.05, 4.69) is 126 Å². The second kappa shape index (κ2) is 20.5. The first-order valence-corrected chi connectivity index (χ1v) is 25.2. The Bertz CT molecular complexity index is 1590. The van der Waals surface area contributed by atoms with Gasteiger partial charge in [-0.15, -0.1) is 0 Å².